The molecule has 104 valence electrons. The van der Waals surface area contributed by atoms with Crippen LogP contribution in [0.1, 0.15) is 24.8 Å². The summed E-state index contributed by atoms with van der Waals surface area (Å²) in [5.74, 6) is -0.513. The van der Waals surface area contributed by atoms with Crippen molar-refractivity contribution in [3.8, 4) is 0 Å². The van der Waals surface area contributed by atoms with Crippen LogP contribution >= 0.6 is 0 Å². The van der Waals surface area contributed by atoms with Gasteiger partial charge in [0.25, 0.3) is 0 Å². The average Bonchev–Trinajstić information content (AvgIpc) is 3.15. The molecule has 4 nitrogen and oxygen atoms in total. The van der Waals surface area contributed by atoms with E-state index in [4.69, 9.17) is 15.6 Å². The Kier molecular flexibility index (Phi) is 4.56. The molecule has 1 saturated carbocycles. The van der Waals surface area contributed by atoms with Gasteiger partial charge in [0.05, 0.1) is 12.0 Å². The monoisotopic (exact) mass is 263 g/mol. The van der Waals surface area contributed by atoms with Crippen molar-refractivity contribution in [2.24, 2.45) is 17.1 Å². The van der Waals surface area contributed by atoms with Crippen LogP contribution in [0, 0.1) is 11.3 Å². The predicted molar refractivity (Wildman–Crippen MR) is 72.6 cm³/mol. The normalized spacial score (nSPS) is 25.2. The molecule has 3 N–H and O–H groups in total. The summed E-state index contributed by atoms with van der Waals surface area (Å²) < 4.78 is 5.58. The molecule has 0 radical (unpaired) electrons. The van der Waals surface area contributed by atoms with E-state index in [0.717, 1.165) is 24.8 Å². The Morgan fingerprint density at radius 2 is 2.16 bits per heavy atom. The molecule has 4 heteroatoms. The highest BCUT2D eigenvalue weighted by molar-refractivity contribution is 5.78. The highest BCUT2D eigenvalue weighted by Crippen LogP contribution is 2.54. The summed E-state index contributed by atoms with van der Waals surface area (Å²) in [5, 5.41) is 9.11. The van der Waals surface area contributed by atoms with E-state index >= 15 is 0 Å². The lowest BCUT2D eigenvalue weighted by Crippen LogP contribution is -2.27. The summed E-state index contributed by atoms with van der Waals surface area (Å²) in [4.78, 5) is 11.1. The molecule has 1 fully saturated rings. The molecule has 2 rings (SSSR count). The first-order chi connectivity index (χ1) is 9.19. The molecule has 19 heavy (non-hydrogen) atoms. The van der Waals surface area contributed by atoms with Gasteiger partial charge in [-0.2, -0.15) is 0 Å². The van der Waals surface area contributed by atoms with Crippen molar-refractivity contribution >= 4 is 5.97 Å². The highest BCUT2D eigenvalue weighted by Gasteiger charge is 2.58. The van der Waals surface area contributed by atoms with E-state index in [9.17, 15) is 4.79 Å². The lowest BCUT2D eigenvalue weighted by Gasteiger charge is -2.09. The first-order valence-electron chi connectivity index (χ1n) is 6.74. The van der Waals surface area contributed by atoms with Gasteiger partial charge in [-0.1, -0.05) is 30.3 Å². The number of carboxylic acid groups (broad SMARTS) is 1. The second kappa shape index (κ2) is 6.17. The Morgan fingerprint density at radius 1 is 1.42 bits per heavy atom. The molecule has 0 heterocycles. The highest BCUT2D eigenvalue weighted by atomic mass is 16.5. The summed E-state index contributed by atoms with van der Waals surface area (Å²) in [6.07, 6.45) is 2.50. The first kappa shape index (κ1) is 14.0. The van der Waals surface area contributed by atoms with Crippen molar-refractivity contribution in [1.82, 2.24) is 0 Å². The summed E-state index contributed by atoms with van der Waals surface area (Å²) in [7, 11) is 0. The number of ether oxygens (including phenoxy) is 1. The Hall–Kier alpha value is -1.39. The smallest absolute Gasteiger partial charge is 0.311 e. The zero-order chi connectivity index (χ0) is 13.7. The molecule has 0 aromatic heterocycles. The fourth-order valence-electron chi connectivity index (χ4n) is 2.55. The molecular formula is C15H21NO3. The summed E-state index contributed by atoms with van der Waals surface area (Å²) >= 11 is 0. The Labute approximate surface area is 113 Å². The number of carbonyl (C=O) groups is 1. The largest absolute Gasteiger partial charge is 0.481 e. The van der Waals surface area contributed by atoms with Crippen molar-refractivity contribution < 1.29 is 14.6 Å². The Balaban J connectivity index is 1.60. The molecule has 2 atom stereocenters. The standard InChI is InChI=1S/C15H21NO3/c16-11-15(14(17)18)9-13(15)7-4-8-19-10-12-5-2-1-3-6-12/h1-3,5-6,13H,4,7-11,16H2,(H,17,18). The van der Waals surface area contributed by atoms with Gasteiger partial charge < -0.3 is 15.6 Å². The van der Waals surface area contributed by atoms with Crippen LogP contribution in [0.2, 0.25) is 0 Å². The lowest BCUT2D eigenvalue weighted by molar-refractivity contribution is -0.143. The number of rotatable bonds is 8. The predicted octanol–water partition coefficient (Wildman–Crippen LogP) is 2.03. The van der Waals surface area contributed by atoms with Crippen LogP contribution in [-0.4, -0.2) is 24.2 Å². The zero-order valence-electron chi connectivity index (χ0n) is 11.0. The number of carboxylic acids is 1. The molecule has 0 aliphatic heterocycles. The van der Waals surface area contributed by atoms with Crippen LogP contribution in [0.15, 0.2) is 30.3 Å². The summed E-state index contributed by atoms with van der Waals surface area (Å²) in [6, 6.07) is 10.0. The third kappa shape index (κ3) is 3.33. The SMILES string of the molecule is NCC1(C(=O)O)CC1CCCOCc1ccccc1. The quantitative estimate of drug-likeness (QED) is 0.704. The lowest BCUT2D eigenvalue weighted by atomic mass is 10.0. The summed E-state index contributed by atoms with van der Waals surface area (Å²) in [5.41, 5.74) is 6.08. The second-order valence-electron chi connectivity index (χ2n) is 5.25. The van der Waals surface area contributed by atoms with Crippen molar-refractivity contribution in [1.29, 1.82) is 0 Å². The van der Waals surface area contributed by atoms with Gasteiger partial charge in [0, 0.05) is 13.2 Å². The maximum atomic E-state index is 11.1. The van der Waals surface area contributed by atoms with Gasteiger partial charge in [0.15, 0.2) is 0 Å². The van der Waals surface area contributed by atoms with Crippen LogP contribution in [0.25, 0.3) is 0 Å². The van der Waals surface area contributed by atoms with Crippen molar-refractivity contribution in [2.45, 2.75) is 25.9 Å². The van der Waals surface area contributed by atoms with Crippen LogP contribution in [0.4, 0.5) is 0 Å². The maximum absolute atomic E-state index is 11.1. The number of aliphatic carboxylic acids is 1. The topological polar surface area (TPSA) is 72.6 Å². The van der Waals surface area contributed by atoms with Gasteiger partial charge in [-0.15, -0.1) is 0 Å². The van der Waals surface area contributed by atoms with E-state index in [2.05, 4.69) is 0 Å². The molecule has 1 aliphatic rings. The van der Waals surface area contributed by atoms with Gasteiger partial charge in [-0.3, -0.25) is 4.79 Å². The molecule has 0 bridgehead atoms. The summed E-state index contributed by atoms with van der Waals surface area (Å²) in [6.45, 7) is 1.54. The molecule has 1 aromatic rings. The molecule has 0 amide bonds. The fraction of sp³-hybridized carbons (Fsp3) is 0.533. The van der Waals surface area contributed by atoms with E-state index in [1.807, 2.05) is 30.3 Å². The van der Waals surface area contributed by atoms with Gasteiger partial charge >= 0.3 is 5.97 Å². The van der Waals surface area contributed by atoms with Crippen LogP contribution in [-0.2, 0) is 16.1 Å². The van der Waals surface area contributed by atoms with Gasteiger partial charge in [0.2, 0.25) is 0 Å². The maximum Gasteiger partial charge on any atom is 0.311 e. The molecule has 2 unspecified atom stereocenters. The minimum atomic E-state index is -0.745. The minimum absolute atomic E-state index is 0.232. The van der Waals surface area contributed by atoms with E-state index < -0.39 is 11.4 Å². The van der Waals surface area contributed by atoms with Crippen LogP contribution in [0.5, 0.6) is 0 Å². The molecule has 0 spiro atoms. The molecular weight excluding hydrogens is 242 g/mol. The van der Waals surface area contributed by atoms with Crippen molar-refractivity contribution in [2.75, 3.05) is 13.2 Å². The van der Waals surface area contributed by atoms with Crippen molar-refractivity contribution in [3.63, 3.8) is 0 Å². The second-order valence-corrected chi connectivity index (χ2v) is 5.25. The molecule has 1 aromatic carbocycles. The van der Waals surface area contributed by atoms with E-state index in [-0.39, 0.29) is 12.5 Å². The van der Waals surface area contributed by atoms with Gasteiger partial charge in [-0.25, -0.2) is 0 Å². The average molecular weight is 263 g/mol. The first-order valence-corrected chi connectivity index (χ1v) is 6.74. The number of benzene rings is 1. The Morgan fingerprint density at radius 3 is 2.74 bits per heavy atom. The van der Waals surface area contributed by atoms with E-state index in [0.29, 0.717) is 13.2 Å². The zero-order valence-corrected chi connectivity index (χ0v) is 11.0. The molecule has 1 aliphatic carbocycles. The number of nitrogens with two attached hydrogens (primary N) is 1. The fourth-order valence-corrected chi connectivity index (χ4v) is 2.55. The van der Waals surface area contributed by atoms with Crippen LogP contribution < -0.4 is 5.73 Å². The number of hydrogen-bond donors (Lipinski definition) is 2. The third-order valence-corrected chi connectivity index (χ3v) is 3.97. The minimum Gasteiger partial charge on any atom is -0.481 e. The molecule has 0 saturated heterocycles. The van der Waals surface area contributed by atoms with Gasteiger partial charge in [-0.05, 0) is 30.7 Å². The third-order valence-electron chi connectivity index (χ3n) is 3.97. The Bertz CT molecular complexity index is 421. The van der Waals surface area contributed by atoms with Crippen molar-refractivity contribution in [3.05, 3.63) is 35.9 Å². The van der Waals surface area contributed by atoms with E-state index in [1.165, 1.54) is 0 Å². The van der Waals surface area contributed by atoms with E-state index in [1.54, 1.807) is 0 Å². The van der Waals surface area contributed by atoms with Crippen LogP contribution in [0.3, 0.4) is 0 Å². The van der Waals surface area contributed by atoms with Gasteiger partial charge in [0.1, 0.15) is 0 Å². The number of hydrogen-bond acceptors (Lipinski definition) is 3.